The van der Waals surface area contributed by atoms with E-state index in [4.69, 9.17) is 13.9 Å². The molecule has 4 aromatic rings. The summed E-state index contributed by atoms with van der Waals surface area (Å²) in [5, 5.41) is 3.66. The highest BCUT2D eigenvalue weighted by Crippen LogP contribution is 2.36. The maximum Gasteiger partial charge on any atom is 0.260 e. The lowest BCUT2D eigenvalue weighted by molar-refractivity contribution is 0.102. The van der Waals surface area contributed by atoms with Gasteiger partial charge >= 0.3 is 0 Å². The van der Waals surface area contributed by atoms with E-state index in [-0.39, 0.29) is 5.91 Å². The third-order valence-electron chi connectivity index (χ3n) is 4.56. The zero-order chi connectivity index (χ0) is 20.2. The van der Waals surface area contributed by atoms with Crippen molar-refractivity contribution in [2.24, 2.45) is 0 Å². The SMILES string of the molecule is CCOc1ccc2oc(-c3ccccc3)c(C(=O)Nc3cccc(OC)c3)c2c1. The highest BCUT2D eigenvalue weighted by atomic mass is 16.5. The molecule has 4 rings (SSSR count). The highest BCUT2D eigenvalue weighted by molar-refractivity contribution is 6.16. The average Bonchev–Trinajstić information content (AvgIpc) is 3.14. The topological polar surface area (TPSA) is 60.7 Å². The molecule has 0 radical (unpaired) electrons. The fourth-order valence-electron chi connectivity index (χ4n) is 3.25. The number of rotatable bonds is 6. The zero-order valence-corrected chi connectivity index (χ0v) is 16.3. The van der Waals surface area contributed by atoms with Crippen LogP contribution >= 0.6 is 0 Å². The number of hydrogen-bond donors (Lipinski definition) is 1. The summed E-state index contributed by atoms with van der Waals surface area (Å²) in [4.78, 5) is 13.3. The minimum absolute atomic E-state index is 0.260. The lowest BCUT2D eigenvalue weighted by Crippen LogP contribution is -2.12. The number of carbonyl (C=O) groups is 1. The Labute approximate surface area is 168 Å². The molecule has 29 heavy (non-hydrogen) atoms. The molecule has 5 nitrogen and oxygen atoms in total. The number of ether oxygens (including phenoxy) is 2. The van der Waals surface area contributed by atoms with Crippen LogP contribution in [0.25, 0.3) is 22.3 Å². The number of fused-ring (bicyclic) bond motifs is 1. The summed E-state index contributed by atoms with van der Waals surface area (Å²) >= 11 is 0. The summed E-state index contributed by atoms with van der Waals surface area (Å²) in [7, 11) is 1.59. The molecule has 0 aliphatic rings. The van der Waals surface area contributed by atoms with Crippen LogP contribution < -0.4 is 14.8 Å². The Morgan fingerprint density at radius 2 is 1.79 bits per heavy atom. The van der Waals surface area contributed by atoms with Crippen LogP contribution in [0.15, 0.2) is 77.2 Å². The molecule has 0 unspecified atom stereocenters. The molecule has 0 saturated carbocycles. The molecule has 0 aliphatic carbocycles. The fourth-order valence-corrected chi connectivity index (χ4v) is 3.25. The number of anilines is 1. The first kappa shape index (κ1) is 18.6. The Hall–Kier alpha value is -3.73. The Bertz CT molecular complexity index is 1150. The van der Waals surface area contributed by atoms with Crippen LogP contribution in [0.3, 0.4) is 0 Å². The normalized spacial score (nSPS) is 10.7. The maximum atomic E-state index is 13.3. The van der Waals surface area contributed by atoms with E-state index in [1.807, 2.05) is 73.7 Å². The Morgan fingerprint density at radius 3 is 2.55 bits per heavy atom. The number of furan rings is 1. The van der Waals surface area contributed by atoms with Gasteiger partial charge in [0.15, 0.2) is 0 Å². The Balaban J connectivity index is 1.82. The third-order valence-corrected chi connectivity index (χ3v) is 4.56. The number of methoxy groups -OCH3 is 1. The quantitative estimate of drug-likeness (QED) is 0.457. The van der Waals surface area contributed by atoms with Gasteiger partial charge in [-0.3, -0.25) is 4.79 Å². The van der Waals surface area contributed by atoms with Crippen LogP contribution in [0.1, 0.15) is 17.3 Å². The second-order valence-electron chi connectivity index (χ2n) is 6.45. The summed E-state index contributed by atoms with van der Waals surface area (Å²) in [6.07, 6.45) is 0. The van der Waals surface area contributed by atoms with Gasteiger partial charge in [0.1, 0.15) is 22.8 Å². The standard InChI is InChI=1S/C24H21NO4/c1-3-28-19-12-13-21-20(15-19)22(23(29-21)16-8-5-4-6-9-16)24(26)25-17-10-7-11-18(14-17)27-2/h4-15H,3H2,1-2H3,(H,25,26). The van der Waals surface area contributed by atoms with Gasteiger partial charge in [-0.15, -0.1) is 0 Å². The number of benzene rings is 3. The van der Waals surface area contributed by atoms with E-state index < -0.39 is 0 Å². The monoisotopic (exact) mass is 387 g/mol. The van der Waals surface area contributed by atoms with Gasteiger partial charge in [-0.1, -0.05) is 36.4 Å². The van der Waals surface area contributed by atoms with Gasteiger partial charge in [-0.25, -0.2) is 0 Å². The van der Waals surface area contributed by atoms with Crippen LogP contribution in [0, 0.1) is 0 Å². The summed E-state index contributed by atoms with van der Waals surface area (Å²) in [5.74, 6) is 1.62. The molecule has 1 heterocycles. The number of carbonyl (C=O) groups excluding carboxylic acids is 1. The van der Waals surface area contributed by atoms with Crippen molar-refractivity contribution in [3.8, 4) is 22.8 Å². The third kappa shape index (κ3) is 3.80. The van der Waals surface area contributed by atoms with Crippen molar-refractivity contribution in [3.63, 3.8) is 0 Å². The molecular weight excluding hydrogens is 366 g/mol. The molecule has 0 bridgehead atoms. The van der Waals surface area contributed by atoms with Gasteiger partial charge in [-0.2, -0.15) is 0 Å². The largest absolute Gasteiger partial charge is 0.497 e. The molecule has 1 N–H and O–H groups in total. The van der Waals surface area contributed by atoms with Gasteiger partial charge in [0.2, 0.25) is 0 Å². The Kier molecular flexibility index (Phi) is 5.20. The van der Waals surface area contributed by atoms with Crippen molar-refractivity contribution in [2.45, 2.75) is 6.92 Å². The first-order valence-corrected chi connectivity index (χ1v) is 9.39. The van der Waals surface area contributed by atoms with Gasteiger partial charge in [0, 0.05) is 22.7 Å². The fraction of sp³-hybridized carbons (Fsp3) is 0.125. The lowest BCUT2D eigenvalue weighted by Gasteiger charge is -2.08. The maximum absolute atomic E-state index is 13.3. The molecule has 0 aliphatic heterocycles. The smallest absolute Gasteiger partial charge is 0.260 e. The number of amides is 1. The molecule has 0 saturated heterocycles. The molecule has 5 heteroatoms. The number of hydrogen-bond acceptors (Lipinski definition) is 4. The second-order valence-corrected chi connectivity index (χ2v) is 6.45. The summed E-state index contributed by atoms with van der Waals surface area (Å²) in [6.45, 7) is 2.46. The predicted molar refractivity (Wildman–Crippen MR) is 114 cm³/mol. The lowest BCUT2D eigenvalue weighted by atomic mass is 10.0. The van der Waals surface area contributed by atoms with Crippen LogP contribution in [-0.4, -0.2) is 19.6 Å². The molecule has 1 aromatic heterocycles. The van der Waals surface area contributed by atoms with Crippen LogP contribution in [0.5, 0.6) is 11.5 Å². The van der Waals surface area contributed by atoms with E-state index in [1.54, 1.807) is 13.2 Å². The van der Waals surface area contributed by atoms with Gasteiger partial charge in [-0.05, 0) is 37.3 Å². The Morgan fingerprint density at radius 1 is 0.966 bits per heavy atom. The van der Waals surface area contributed by atoms with Crippen molar-refractivity contribution in [1.29, 1.82) is 0 Å². The molecule has 0 atom stereocenters. The van der Waals surface area contributed by atoms with Crippen molar-refractivity contribution < 1.29 is 18.7 Å². The molecule has 146 valence electrons. The average molecular weight is 387 g/mol. The first-order chi connectivity index (χ1) is 14.2. The summed E-state index contributed by atoms with van der Waals surface area (Å²) in [6, 6.07) is 22.3. The van der Waals surface area contributed by atoms with Crippen LogP contribution in [0.2, 0.25) is 0 Å². The number of nitrogens with one attached hydrogen (secondary N) is 1. The first-order valence-electron chi connectivity index (χ1n) is 9.39. The minimum Gasteiger partial charge on any atom is -0.497 e. The predicted octanol–water partition coefficient (Wildman–Crippen LogP) is 5.76. The van der Waals surface area contributed by atoms with E-state index in [2.05, 4.69) is 5.32 Å². The van der Waals surface area contributed by atoms with Gasteiger partial charge < -0.3 is 19.2 Å². The highest BCUT2D eigenvalue weighted by Gasteiger charge is 2.23. The minimum atomic E-state index is -0.260. The summed E-state index contributed by atoms with van der Waals surface area (Å²) in [5.41, 5.74) is 2.57. The van der Waals surface area contributed by atoms with Gasteiger partial charge in [0.05, 0.1) is 19.3 Å². The van der Waals surface area contributed by atoms with Crippen molar-refractivity contribution >= 4 is 22.6 Å². The molecule has 0 fully saturated rings. The van der Waals surface area contributed by atoms with E-state index in [9.17, 15) is 4.79 Å². The van der Waals surface area contributed by atoms with E-state index in [0.29, 0.717) is 46.1 Å². The van der Waals surface area contributed by atoms with Crippen LogP contribution in [0.4, 0.5) is 5.69 Å². The summed E-state index contributed by atoms with van der Waals surface area (Å²) < 4.78 is 17.0. The van der Waals surface area contributed by atoms with Crippen molar-refractivity contribution in [1.82, 2.24) is 0 Å². The van der Waals surface area contributed by atoms with E-state index >= 15 is 0 Å². The zero-order valence-electron chi connectivity index (χ0n) is 16.3. The van der Waals surface area contributed by atoms with Crippen molar-refractivity contribution in [2.75, 3.05) is 19.0 Å². The van der Waals surface area contributed by atoms with Crippen molar-refractivity contribution in [3.05, 3.63) is 78.4 Å². The molecule has 1 amide bonds. The molecule has 0 spiro atoms. The second kappa shape index (κ2) is 8.10. The molecular formula is C24H21NO4. The van der Waals surface area contributed by atoms with E-state index in [1.165, 1.54) is 0 Å². The van der Waals surface area contributed by atoms with Gasteiger partial charge in [0.25, 0.3) is 5.91 Å². The van der Waals surface area contributed by atoms with Crippen LogP contribution in [-0.2, 0) is 0 Å². The van der Waals surface area contributed by atoms with E-state index in [0.717, 1.165) is 5.56 Å². The molecule has 3 aromatic carbocycles.